The molecule has 90 valence electrons. The van der Waals surface area contributed by atoms with Crippen LogP contribution in [0.15, 0.2) is 24.8 Å². The van der Waals surface area contributed by atoms with Crippen LogP contribution < -0.4 is 16.4 Å². The number of hydrogen-bond donors (Lipinski definition) is 3. The minimum Gasteiger partial charge on any atom is -0.397 e. The third kappa shape index (κ3) is 2.41. The fourth-order valence-corrected chi connectivity index (χ4v) is 1.87. The zero-order valence-corrected chi connectivity index (χ0v) is 9.92. The molecule has 1 heterocycles. The Hall–Kier alpha value is -1.97. The van der Waals surface area contributed by atoms with Gasteiger partial charge in [-0.25, -0.2) is 0 Å². The summed E-state index contributed by atoms with van der Waals surface area (Å²) in [7, 11) is 0. The van der Waals surface area contributed by atoms with E-state index in [1.54, 1.807) is 0 Å². The lowest BCUT2D eigenvalue weighted by molar-refractivity contribution is -0.116. The fraction of sp³-hybridized carbons (Fsp3) is 0.308. The Bertz CT molecular complexity index is 468. The summed E-state index contributed by atoms with van der Waals surface area (Å²) in [5.74, 6) is 0.0528. The molecule has 0 radical (unpaired) electrons. The quantitative estimate of drug-likeness (QED) is 0.551. The second kappa shape index (κ2) is 4.49. The normalized spacial score (nSPS) is 15.7. The molecule has 1 aliphatic heterocycles. The van der Waals surface area contributed by atoms with Gasteiger partial charge in [0.15, 0.2) is 0 Å². The number of amides is 1. The molecule has 0 bridgehead atoms. The van der Waals surface area contributed by atoms with Crippen LogP contribution in [0.2, 0.25) is 0 Å². The van der Waals surface area contributed by atoms with Crippen LogP contribution in [0.4, 0.5) is 17.1 Å². The molecule has 1 aromatic rings. The summed E-state index contributed by atoms with van der Waals surface area (Å²) in [6, 6.07) is 3.97. The Labute approximate surface area is 101 Å². The van der Waals surface area contributed by atoms with E-state index in [1.165, 1.54) is 0 Å². The molecule has 1 aliphatic rings. The maximum absolute atomic E-state index is 11.3. The predicted molar refractivity (Wildman–Crippen MR) is 71.1 cm³/mol. The van der Waals surface area contributed by atoms with Crippen LogP contribution in [0, 0.1) is 0 Å². The average Bonchev–Trinajstić information content (AvgIpc) is 2.30. The van der Waals surface area contributed by atoms with Crippen molar-refractivity contribution < 1.29 is 4.79 Å². The van der Waals surface area contributed by atoms with Crippen LogP contribution in [-0.2, 0) is 11.2 Å². The summed E-state index contributed by atoms with van der Waals surface area (Å²) in [6.07, 6.45) is 3.12. The maximum Gasteiger partial charge on any atom is 0.224 e. The molecule has 1 amide bonds. The number of carbonyl (C=O) groups excluding carboxylic acids is 1. The highest BCUT2D eigenvalue weighted by molar-refractivity contribution is 5.95. The lowest BCUT2D eigenvalue weighted by atomic mass is 10.0. The Morgan fingerprint density at radius 2 is 2.29 bits per heavy atom. The number of hydrogen-bond acceptors (Lipinski definition) is 3. The highest BCUT2D eigenvalue weighted by Crippen LogP contribution is 2.31. The van der Waals surface area contributed by atoms with Gasteiger partial charge in [-0.15, -0.1) is 6.58 Å². The summed E-state index contributed by atoms with van der Waals surface area (Å²) in [5.41, 5.74) is 9.43. The summed E-state index contributed by atoms with van der Waals surface area (Å²) in [4.78, 5) is 11.3. The van der Waals surface area contributed by atoms with Crippen molar-refractivity contribution in [2.24, 2.45) is 0 Å². The van der Waals surface area contributed by atoms with E-state index in [0.29, 0.717) is 12.1 Å². The van der Waals surface area contributed by atoms with E-state index in [9.17, 15) is 4.79 Å². The van der Waals surface area contributed by atoms with Gasteiger partial charge in [-0.05, 0) is 31.0 Å². The first-order valence-electron chi connectivity index (χ1n) is 5.71. The van der Waals surface area contributed by atoms with E-state index in [2.05, 4.69) is 17.2 Å². The van der Waals surface area contributed by atoms with E-state index < -0.39 is 0 Å². The second-order valence-electron chi connectivity index (χ2n) is 4.31. The largest absolute Gasteiger partial charge is 0.397 e. The number of carbonyl (C=O) groups is 1. The van der Waals surface area contributed by atoms with E-state index in [4.69, 9.17) is 5.73 Å². The lowest BCUT2D eigenvalue weighted by Crippen LogP contribution is -2.20. The van der Waals surface area contributed by atoms with Crippen LogP contribution >= 0.6 is 0 Å². The Balaban J connectivity index is 2.30. The van der Waals surface area contributed by atoms with Crippen molar-refractivity contribution in [3.8, 4) is 0 Å². The molecular weight excluding hydrogens is 214 g/mol. The van der Waals surface area contributed by atoms with Gasteiger partial charge in [0.2, 0.25) is 5.91 Å². The molecule has 0 saturated heterocycles. The summed E-state index contributed by atoms with van der Waals surface area (Å²) < 4.78 is 0. The molecule has 0 fully saturated rings. The van der Waals surface area contributed by atoms with E-state index in [0.717, 1.165) is 23.4 Å². The summed E-state index contributed by atoms with van der Waals surface area (Å²) in [5, 5.41) is 6.09. The minimum atomic E-state index is 0.0528. The third-order valence-corrected chi connectivity index (χ3v) is 2.91. The van der Waals surface area contributed by atoms with Gasteiger partial charge in [-0.1, -0.05) is 6.08 Å². The molecule has 1 unspecified atom stereocenters. The van der Waals surface area contributed by atoms with Gasteiger partial charge in [0, 0.05) is 18.2 Å². The lowest BCUT2D eigenvalue weighted by Gasteiger charge is -2.21. The number of aryl methyl sites for hydroxylation is 1. The molecule has 0 aliphatic carbocycles. The molecule has 0 saturated carbocycles. The first-order valence-corrected chi connectivity index (χ1v) is 5.71. The number of anilines is 3. The monoisotopic (exact) mass is 231 g/mol. The van der Waals surface area contributed by atoms with Crippen molar-refractivity contribution in [1.82, 2.24) is 0 Å². The van der Waals surface area contributed by atoms with Gasteiger partial charge in [-0.2, -0.15) is 0 Å². The van der Waals surface area contributed by atoms with Crippen LogP contribution in [0.1, 0.15) is 18.9 Å². The number of rotatable bonds is 3. The standard InChI is InChI=1S/C13H17N3O/c1-3-8(2)15-12-6-9-4-5-13(17)16-11(9)7-10(12)14/h3,6-8,15H,1,4-5,14H2,2H3,(H,16,17). The molecule has 1 atom stereocenters. The second-order valence-corrected chi connectivity index (χ2v) is 4.31. The van der Waals surface area contributed by atoms with Gasteiger partial charge >= 0.3 is 0 Å². The molecule has 1 aromatic carbocycles. The van der Waals surface area contributed by atoms with E-state index >= 15 is 0 Å². The van der Waals surface area contributed by atoms with Crippen LogP contribution in [0.25, 0.3) is 0 Å². The van der Waals surface area contributed by atoms with Gasteiger partial charge in [0.05, 0.1) is 11.4 Å². The number of nitrogen functional groups attached to an aromatic ring is 1. The Morgan fingerprint density at radius 1 is 1.53 bits per heavy atom. The Kier molecular flexibility index (Phi) is 3.04. The van der Waals surface area contributed by atoms with Gasteiger partial charge in [0.1, 0.15) is 0 Å². The number of benzene rings is 1. The van der Waals surface area contributed by atoms with Gasteiger partial charge in [0.25, 0.3) is 0 Å². The fourth-order valence-electron chi connectivity index (χ4n) is 1.87. The Morgan fingerprint density at radius 3 is 3.00 bits per heavy atom. The molecule has 0 aromatic heterocycles. The van der Waals surface area contributed by atoms with E-state index in [1.807, 2.05) is 25.1 Å². The van der Waals surface area contributed by atoms with Crippen molar-refractivity contribution in [3.05, 3.63) is 30.4 Å². The molecule has 4 nitrogen and oxygen atoms in total. The zero-order chi connectivity index (χ0) is 12.4. The van der Waals surface area contributed by atoms with Crippen LogP contribution in [-0.4, -0.2) is 11.9 Å². The number of fused-ring (bicyclic) bond motifs is 1. The summed E-state index contributed by atoms with van der Waals surface area (Å²) in [6.45, 7) is 5.73. The van der Waals surface area contributed by atoms with Crippen LogP contribution in [0.3, 0.4) is 0 Å². The highest BCUT2D eigenvalue weighted by atomic mass is 16.1. The smallest absolute Gasteiger partial charge is 0.224 e. The average molecular weight is 231 g/mol. The topological polar surface area (TPSA) is 67.2 Å². The molecule has 4 heteroatoms. The third-order valence-electron chi connectivity index (χ3n) is 2.91. The van der Waals surface area contributed by atoms with E-state index in [-0.39, 0.29) is 11.9 Å². The van der Waals surface area contributed by atoms with Crippen molar-refractivity contribution >= 4 is 23.0 Å². The highest BCUT2D eigenvalue weighted by Gasteiger charge is 2.16. The summed E-state index contributed by atoms with van der Waals surface area (Å²) >= 11 is 0. The first kappa shape index (κ1) is 11.5. The molecule has 2 rings (SSSR count). The number of nitrogens with one attached hydrogen (secondary N) is 2. The van der Waals surface area contributed by atoms with Gasteiger partial charge < -0.3 is 16.4 Å². The van der Waals surface area contributed by atoms with Crippen molar-refractivity contribution in [1.29, 1.82) is 0 Å². The molecule has 4 N–H and O–H groups in total. The SMILES string of the molecule is C=CC(C)Nc1cc2c(cc1N)NC(=O)CC2. The number of nitrogens with two attached hydrogens (primary N) is 1. The maximum atomic E-state index is 11.3. The van der Waals surface area contributed by atoms with Crippen molar-refractivity contribution in [2.75, 3.05) is 16.4 Å². The zero-order valence-electron chi connectivity index (χ0n) is 9.92. The molecule has 17 heavy (non-hydrogen) atoms. The minimum absolute atomic E-state index is 0.0528. The van der Waals surface area contributed by atoms with Crippen molar-refractivity contribution in [2.45, 2.75) is 25.8 Å². The van der Waals surface area contributed by atoms with Crippen LogP contribution in [0.5, 0.6) is 0 Å². The predicted octanol–water partition coefficient (Wildman–Crippen LogP) is 2.14. The first-order chi connectivity index (χ1) is 8.10. The van der Waals surface area contributed by atoms with Crippen molar-refractivity contribution in [3.63, 3.8) is 0 Å². The molecule has 0 spiro atoms. The van der Waals surface area contributed by atoms with Gasteiger partial charge in [-0.3, -0.25) is 4.79 Å². The molecular formula is C13H17N3O.